The monoisotopic (exact) mass is 741 g/mol. The molecule has 1 aliphatic heterocycles. The number of amides is 3. The van der Waals surface area contributed by atoms with E-state index >= 15 is 0 Å². The molecule has 1 fully saturated rings. The lowest BCUT2D eigenvalue weighted by atomic mass is 9.92. The van der Waals surface area contributed by atoms with E-state index in [0.717, 1.165) is 44.2 Å². The number of hydrogen-bond acceptors (Lipinski definition) is 8. The normalized spacial score (nSPS) is 18.5. The molecule has 2 aromatic rings. The number of hydrogen-bond donors (Lipinski definition) is 3. The van der Waals surface area contributed by atoms with Crippen molar-refractivity contribution in [2.24, 2.45) is 17.8 Å². The first-order chi connectivity index (χ1) is 24.8. The average molecular weight is 742 g/mol. The number of nitrogens with one attached hydrogen (secondary N) is 2. The highest BCUT2D eigenvalue weighted by Gasteiger charge is 2.38. The smallest absolute Gasteiger partial charge is 0.306 e. The Balaban J connectivity index is 1.84. The van der Waals surface area contributed by atoms with Gasteiger partial charge in [0.2, 0.25) is 11.8 Å². The Hall–Kier alpha value is -3.35. The number of nitrogens with zero attached hydrogens (tertiary/aromatic N) is 3. The van der Waals surface area contributed by atoms with E-state index in [4.69, 9.17) is 9.72 Å². The SMILES string of the molecule is CCCN(C(=O)[C@@H](NC(=O)[C@H]1CCCCN1C)[C@@H](C)CC)[C@H](C[C@@H](OCC)c1nc(C(=O)N[C@@H](Cc2ccccc2)C[C@H](C)C(=O)O)cs1)C(C)C. The number of benzene rings is 1. The molecule has 1 saturated heterocycles. The van der Waals surface area contributed by atoms with Gasteiger partial charge < -0.3 is 25.4 Å². The van der Waals surface area contributed by atoms with Crippen LogP contribution in [0.2, 0.25) is 0 Å². The Labute approximate surface area is 315 Å². The third kappa shape index (κ3) is 12.4. The fraction of sp³-hybridized carbons (Fsp3) is 0.675. The summed E-state index contributed by atoms with van der Waals surface area (Å²) < 4.78 is 6.27. The van der Waals surface area contributed by atoms with Crippen LogP contribution in [0.5, 0.6) is 0 Å². The number of likely N-dealkylation sites (tertiary alicyclic amines) is 1. The minimum absolute atomic E-state index is 0.0514. The second-order valence-corrected chi connectivity index (χ2v) is 15.7. The Morgan fingerprint density at radius 3 is 2.35 bits per heavy atom. The average Bonchev–Trinajstić information content (AvgIpc) is 3.62. The number of carbonyl (C=O) groups is 4. The Kier molecular flexibility index (Phi) is 17.7. The van der Waals surface area contributed by atoms with E-state index in [0.29, 0.717) is 31.0 Å². The van der Waals surface area contributed by atoms with E-state index in [1.54, 1.807) is 12.3 Å². The van der Waals surface area contributed by atoms with Gasteiger partial charge in [0.05, 0.1) is 12.0 Å². The number of carboxylic acid groups (broad SMARTS) is 1. The first-order valence-corrected chi connectivity index (χ1v) is 20.1. The largest absolute Gasteiger partial charge is 0.481 e. The van der Waals surface area contributed by atoms with Gasteiger partial charge >= 0.3 is 5.97 Å². The molecule has 2 heterocycles. The van der Waals surface area contributed by atoms with Gasteiger partial charge in [0, 0.05) is 37.0 Å². The van der Waals surface area contributed by atoms with Crippen LogP contribution in [-0.4, -0.2) is 94.5 Å². The van der Waals surface area contributed by atoms with Gasteiger partial charge in [-0.3, -0.25) is 24.1 Å². The van der Waals surface area contributed by atoms with Crippen LogP contribution in [0.4, 0.5) is 0 Å². The van der Waals surface area contributed by atoms with E-state index in [9.17, 15) is 24.3 Å². The minimum Gasteiger partial charge on any atom is -0.481 e. The molecule has 0 bridgehead atoms. The van der Waals surface area contributed by atoms with Crippen LogP contribution in [0.15, 0.2) is 35.7 Å². The Bertz CT molecular complexity index is 1420. The number of thiazole rings is 1. The summed E-state index contributed by atoms with van der Waals surface area (Å²) in [5.41, 5.74) is 1.25. The highest BCUT2D eigenvalue weighted by atomic mass is 32.1. The number of carboxylic acids is 1. The molecule has 12 heteroatoms. The summed E-state index contributed by atoms with van der Waals surface area (Å²) in [7, 11) is 1.98. The van der Waals surface area contributed by atoms with Crippen LogP contribution in [-0.2, 0) is 25.5 Å². The van der Waals surface area contributed by atoms with E-state index < -0.39 is 30.1 Å². The van der Waals surface area contributed by atoms with Crippen molar-refractivity contribution < 1.29 is 29.0 Å². The number of piperidine rings is 1. The van der Waals surface area contributed by atoms with Gasteiger partial charge in [-0.25, -0.2) is 4.98 Å². The molecular weight excluding hydrogens is 679 g/mol. The summed E-state index contributed by atoms with van der Waals surface area (Å²) in [6, 6.07) is 8.20. The van der Waals surface area contributed by atoms with Crippen LogP contribution in [0.1, 0.15) is 121 Å². The number of ether oxygens (including phenoxy) is 1. The maximum Gasteiger partial charge on any atom is 0.306 e. The minimum atomic E-state index is -0.909. The molecule has 7 atom stereocenters. The molecule has 0 unspecified atom stereocenters. The highest BCUT2D eigenvalue weighted by molar-refractivity contribution is 7.09. The third-order valence-corrected chi connectivity index (χ3v) is 11.3. The molecule has 52 heavy (non-hydrogen) atoms. The molecular formula is C40H63N5O6S. The van der Waals surface area contributed by atoms with Gasteiger partial charge in [0.25, 0.3) is 5.91 Å². The van der Waals surface area contributed by atoms with E-state index in [-0.39, 0.29) is 53.8 Å². The lowest BCUT2D eigenvalue weighted by molar-refractivity contribution is -0.143. The summed E-state index contributed by atoms with van der Waals surface area (Å²) in [5.74, 6) is -2.04. The van der Waals surface area contributed by atoms with Gasteiger partial charge in [-0.15, -0.1) is 11.3 Å². The van der Waals surface area contributed by atoms with Crippen molar-refractivity contribution in [2.75, 3.05) is 26.7 Å². The van der Waals surface area contributed by atoms with E-state index in [2.05, 4.69) is 36.3 Å². The van der Waals surface area contributed by atoms with Gasteiger partial charge in [-0.05, 0) is 70.0 Å². The van der Waals surface area contributed by atoms with Crippen molar-refractivity contribution in [3.05, 3.63) is 52.0 Å². The number of likely N-dealkylation sites (N-methyl/N-ethyl adjacent to an activating group) is 1. The Morgan fingerprint density at radius 2 is 1.75 bits per heavy atom. The quantitative estimate of drug-likeness (QED) is 0.135. The zero-order chi connectivity index (χ0) is 38.4. The molecule has 3 N–H and O–H groups in total. The lowest BCUT2D eigenvalue weighted by Crippen LogP contribution is -2.58. The van der Waals surface area contributed by atoms with Crippen LogP contribution in [0, 0.1) is 17.8 Å². The van der Waals surface area contributed by atoms with Crippen LogP contribution in [0.3, 0.4) is 0 Å². The number of aliphatic carboxylic acids is 1. The second-order valence-electron chi connectivity index (χ2n) is 14.8. The summed E-state index contributed by atoms with van der Waals surface area (Å²) in [5, 5.41) is 18.2. The standard InChI is InChI=1S/C40H63N5O6S/c1-9-20-45(39(48)35(27(6)10-2)43-37(47)32-19-15-16-21-44(32)8)33(26(4)5)24-34(51-11-3)38-42-31(25-52-38)36(46)41-30(22-28(7)40(49)50)23-29-17-13-12-14-18-29/h12-14,17-18,25-28,30,32-35H,9-11,15-16,19-24H2,1-8H3,(H,41,46)(H,43,47)(H,49,50)/t27-,28-,30+,32+,33+,34+,35-/m0/s1. The van der Waals surface area contributed by atoms with Gasteiger partial charge in [0.1, 0.15) is 22.8 Å². The number of carbonyl (C=O) groups excluding carboxylic acids is 3. The molecule has 0 saturated carbocycles. The molecule has 3 amide bonds. The van der Waals surface area contributed by atoms with Crippen molar-refractivity contribution in [1.82, 2.24) is 25.4 Å². The van der Waals surface area contributed by atoms with Crippen molar-refractivity contribution >= 4 is 35.0 Å². The topological polar surface area (TPSA) is 141 Å². The maximum atomic E-state index is 14.6. The molecule has 0 spiro atoms. The molecule has 0 radical (unpaired) electrons. The molecule has 11 nitrogen and oxygen atoms in total. The molecule has 0 aliphatic carbocycles. The summed E-state index contributed by atoms with van der Waals surface area (Å²) in [6.07, 6.45) is 5.15. The van der Waals surface area contributed by atoms with Gasteiger partial charge in [0.15, 0.2) is 0 Å². The maximum absolute atomic E-state index is 14.6. The molecule has 1 aromatic heterocycles. The summed E-state index contributed by atoms with van der Waals surface area (Å²) in [6.45, 7) is 15.7. The van der Waals surface area contributed by atoms with Crippen molar-refractivity contribution in [1.29, 1.82) is 0 Å². The predicted octanol–water partition coefficient (Wildman–Crippen LogP) is 6.34. The fourth-order valence-electron chi connectivity index (χ4n) is 7.04. The zero-order valence-electron chi connectivity index (χ0n) is 32.6. The van der Waals surface area contributed by atoms with Crippen LogP contribution in [0.25, 0.3) is 0 Å². The fourth-order valence-corrected chi connectivity index (χ4v) is 7.90. The van der Waals surface area contributed by atoms with Crippen LogP contribution >= 0.6 is 11.3 Å². The molecule has 1 aromatic carbocycles. The first kappa shape index (κ1) is 43.1. The lowest BCUT2D eigenvalue weighted by Gasteiger charge is -2.40. The van der Waals surface area contributed by atoms with Gasteiger partial charge in [-0.1, -0.05) is 84.7 Å². The van der Waals surface area contributed by atoms with Crippen molar-refractivity contribution in [2.45, 2.75) is 130 Å². The first-order valence-electron chi connectivity index (χ1n) is 19.3. The third-order valence-electron chi connectivity index (χ3n) is 10.3. The van der Waals surface area contributed by atoms with E-state index in [1.807, 2.05) is 63.1 Å². The molecule has 1 aliphatic rings. The zero-order valence-corrected chi connectivity index (χ0v) is 33.4. The van der Waals surface area contributed by atoms with E-state index in [1.165, 1.54) is 11.3 Å². The number of rotatable bonds is 21. The summed E-state index contributed by atoms with van der Waals surface area (Å²) in [4.78, 5) is 62.1. The molecule has 3 rings (SSSR count). The van der Waals surface area contributed by atoms with Crippen molar-refractivity contribution in [3.63, 3.8) is 0 Å². The molecule has 290 valence electrons. The second kappa shape index (κ2) is 21.4. The van der Waals surface area contributed by atoms with Gasteiger partial charge in [-0.2, -0.15) is 0 Å². The predicted molar refractivity (Wildman–Crippen MR) is 206 cm³/mol. The Morgan fingerprint density at radius 1 is 1.04 bits per heavy atom. The van der Waals surface area contributed by atoms with Crippen molar-refractivity contribution in [3.8, 4) is 0 Å². The van der Waals surface area contributed by atoms with Crippen LogP contribution < -0.4 is 10.6 Å². The highest BCUT2D eigenvalue weighted by Crippen LogP contribution is 2.32. The number of aromatic nitrogens is 1. The summed E-state index contributed by atoms with van der Waals surface area (Å²) >= 11 is 1.35.